The lowest BCUT2D eigenvalue weighted by molar-refractivity contribution is 0.0322. The highest BCUT2D eigenvalue weighted by molar-refractivity contribution is 5.97. The van der Waals surface area contributed by atoms with Crippen LogP contribution in [-0.2, 0) is 4.74 Å². The number of benzene rings is 2. The van der Waals surface area contributed by atoms with Gasteiger partial charge in [0.1, 0.15) is 18.2 Å². The van der Waals surface area contributed by atoms with Gasteiger partial charge in [-0.25, -0.2) is 10.5 Å². The first-order valence-electron chi connectivity index (χ1n) is 9.20. The Balaban J connectivity index is 1.46. The third-order valence-electron chi connectivity index (χ3n) is 4.73. The number of hydrogen-bond acceptors (Lipinski definition) is 6. The lowest BCUT2D eigenvalue weighted by Gasteiger charge is -2.26. The molecule has 0 radical (unpaired) electrons. The smallest absolute Gasteiger partial charge is 0.274 e. The van der Waals surface area contributed by atoms with Gasteiger partial charge in [-0.1, -0.05) is 12.1 Å². The SMILES string of the molecule is O=C(NO)c1ccc2nc(-c3cccc(OCCN4CCOCC4)c3)[nH]c2c1. The summed E-state index contributed by atoms with van der Waals surface area (Å²) in [6, 6.07) is 12.8. The molecule has 1 aromatic heterocycles. The predicted octanol–water partition coefficient (Wildman–Crippen LogP) is 2.06. The number of nitrogens with zero attached hydrogens (tertiary/aromatic N) is 2. The fourth-order valence-electron chi connectivity index (χ4n) is 3.20. The van der Waals surface area contributed by atoms with Crippen LogP contribution in [0.1, 0.15) is 10.4 Å². The monoisotopic (exact) mass is 382 g/mol. The van der Waals surface area contributed by atoms with Crippen LogP contribution in [-0.4, -0.2) is 65.4 Å². The molecule has 2 heterocycles. The van der Waals surface area contributed by atoms with Gasteiger partial charge in [-0.3, -0.25) is 14.9 Å². The largest absolute Gasteiger partial charge is 0.492 e. The molecule has 0 saturated carbocycles. The predicted molar refractivity (Wildman–Crippen MR) is 104 cm³/mol. The Kier molecular flexibility index (Phi) is 5.52. The number of H-pyrrole nitrogens is 1. The van der Waals surface area contributed by atoms with Crippen LogP contribution in [0.4, 0.5) is 0 Å². The summed E-state index contributed by atoms with van der Waals surface area (Å²) in [6.07, 6.45) is 0. The highest BCUT2D eigenvalue weighted by Crippen LogP contribution is 2.24. The molecule has 0 unspecified atom stereocenters. The van der Waals surface area contributed by atoms with Crippen LogP contribution >= 0.6 is 0 Å². The van der Waals surface area contributed by atoms with Gasteiger partial charge in [-0.15, -0.1) is 0 Å². The summed E-state index contributed by atoms with van der Waals surface area (Å²) in [7, 11) is 0. The lowest BCUT2D eigenvalue weighted by Crippen LogP contribution is -2.38. The minimum Gasteiger partial charge on any atom is -0.492 e. The van der Waals surface area contributed by atoms with E-state index in [2.05, 4.69) is 14.9 Å². The molecule has 3 aromatic rings. The summed E-state index contributed by atoms with van der Waals surface area (Å²) < 4.78 is 11.3. The maximum Gasteiger partial charge on any atom is 0.274 e. The Morgan fingerprint density at radius 2 is 2.11 bits per heavy atom. The summed E-state index contributed by atoms with van der Waals surface area (Å²) in [5.41, 5.74) is 4.34. The van der Waals surface area contributed by atoms with Gasteiger partial charge < -0.3 is 14.5 Å². The van der Waals surface area contributed by atoms with E-state index in [0.29, 0.717) is 18.0 Å². The highest BCUT2D eigenvalue weighted by Gasteiger charge is 2.11. The summed E-state index contributed by atoms with van der Waals surface area (Å²) >= 11 is 0. The third kappa shape index (κ3) is 4.14. The quantitative estimate of drug-likeness (QED) is 0.446. The van der Waals surface area contributed by atoms with E-state index in [0.717, 1.165) is 55.2 Å². The number of aromatic amines is 1. The maximum absolute atomic E-state index is 11.6. The van der Waals surface area contributed by atoms with Crippen molar-refractivity contribution in [2.45, 2.75) is 0 Å². The topological polar surface area (TPSA) is 99.7 Å². The number of fused-ring (bicyclic) bond motifs is 1. The molecule has 2 aromatic carbocycles. The second kappa shape index (κ2) is 8.39. The van der Waals surface area contributed by atoms with Gasteiger partial charge in [0.05, 0.1) is 24.2 Å². The Hall–Kier alpha value is -2.94. The van der Waals surface area contributed by atoms with E-state index in [9.17, 15) is 4.79 Å². The molecule has 28 heavy (non-hydrogen) atoms. The summed E-state index contributed by atoms with van der Waals surface area (Å²) in [5.74, 6) is 0.912. The molecule has 146 valence electrons. The number of carbonyl (C=O) groups is 1. The first-order valence-corrected chi connectivity index (χ1v) is 9.20. The number of imidazole rings is 1. The van der Waals surface area contributed by atoms with Crippen molar-refractivity contribution in [3.8, 4) is 17.1 Å². The molecule has 1 saturated heterocycles. The zero-order valence-corrected chi connectivity index (χ0v) is 15.4. The molecule has 3 N–H and O–H groups in total. The number of hydrogen-bond donors (Lipinski definition) is 3. The van der Waals surface area contributed by atoms with Gasteiger partial charge in [0.15, 0.2) is 0 Å². The van der Waals surface area contributed by atoms with Gasteiger partial charge in [0.25, 0.3) is 5.91 Å². The minimum atomic E-state index is -0.561. The molecule has 8 heteroatoms. The zero-order chi connectivity index (χ0) is 19.3. The molecule has 1 aliphatic heterocycles. The third-order valence-corrected chi connectivity index (χ3v) is 4.73. The van der Waals surface area contributed by atoms with Crippen molar-refractivity contribution in [3.63, 3.8) is 0 Å². The molecule has 4 rings (SSSR count). The van der Waals surface area contributed by atoms with Crippen LogP contribution in [0, 0.1) is 0 Å². The van der Waals surface area contributed by atoms with Gasteiger partial charge in [-0.2, -0.15) is 0 Å². The Morgan fingerprint density at radius 3 is 2.93 bits per heavy atom. The van der Waals surface area contributed by atoms with Gasteiger partial charge >= 0.3 is 0 Å². The summed E-state index contributed by atoms with van der Waals surface area (Å²) in [4.78, 5) is 21.7. The summed E-state index contributed by atoms with van der Waals surface area (Å²) in [5, 5.41) is 8.78. The maximum atomic E-state index is 11.6. The average molecular weight is 382 g/mol. The molecular formula is C20H22N4O4. The van der Waals surface area contributed by atoms with Crippen molar-refractivity contribution >= 4 is 16.9 Å². The molecule has 0 spiro atoms. The Labute approximate surface area is 162 Å². The Morgan fingerprint density at radius 1 is 1.25 bits per heavy atom. The van der Waals surface area contributed by atoms with Crippen LogP contribution in [0.3, 0.4) is 0 Å². The lowest BCUT2D eigenvalue weighted by atomic mass is 10.2. The first kappa shape index (κ1) is 18.4. The number of nitrogens with one attached hydrogen (secondary N) is 2. The van der Waals surface area contributed by atoms with Crippen molar-refractivity contribution in [2.24, 2.45) is 0 Å². The van der Waals surface area contributed by atoms with Crippen molar-refractivity contribution in [1.82, 2.24) is 20.3 Å². The molecule has 0 atom stereocenters. The van der Waals surface area contributed by atoms with Gasteiger partial charge in [0, 0.05) is 30.8 Å². The number of rotatable bonds is 6. The van der Waals surface area contributed by atoms with E-state index >= 15 is 0 Å². The fraction of sp³-hybridized carbons (Fsp3) is 0.300. The second-order valence-electron chi connectivity index (χ2n) is 6.59. The van der Waals surface area contributed by atoms with E-state index in [-0.39, 0.29) is 0 Å². The van der Waals surface area contributed by atoms with Crippen LogP contribution in [0.25, 0.3) is 22.4 Å². The van der Waals surface area contributed by atoms with Gasteiger partial charge in [0.2, 0.25) is 0 Å². The fourth-order valence-corrected chi connectivity index (χ4v) is 3.20. The van der Waals surface area contributed by atoms with E-state index in [1.165, 1.54) is 0 Å². The number of ether oxygens (including phenoxy) is 2. The number of carbonyl (C=O) groups excluding carboxylic acids is 1. The number of amides is 1. The van der Waals surface area contributed by atoms with E-state index in [4.69, 9.17) is 14.7 Å². The molecular weight excluding hydrogens is 360 g/mol. The van der Waals surface area contributed by atoms with Crippen molar-refractivity contribution in [3.05, 3.63) is 48.0 Å². The standard InChI is InChI=1S/C20H22N4O4/c25-20(23-26)15-4-5-17-18(13-15)22-19(21-17)14-2-1-3-16(12-14)28-11-8-24-6-9-27-10-7-24/h1-5,12-13,26H,6-11H2,(H,21,22)(H,23,25). The van der Waals surface area contributed by atoms with E-state index in [1.807, 2.05) is 24.3 Å². The highest BCUT2D eigenvalue weighted by atomic mass is 16.5. The van der Waals surface area contributed by atoms with Crippen molar-refractivity contribution in [2.75, 3.05) is 39.5 Å². The first-order chi connectivity index (χ1) is 13.7. The second-order valence-corrected chi connectivity index (χ2v) is 6.59. The number of hydroxylamine groups is 1. The van der Waals surface area contributed by atoms with Crippen LogP contribution in [0.15, 0.2) is 42.5 Å². The average Bonchev–Trinajstić information content (AvgIpc) is 3.17. The molecule has 1 amide bonds. The van der Waals surface area contributed by atoms with Crippen molar-refractivity contribution < 1.29 is 19.5 Å². The molecule has 8 nitrogen and oxygen atoms in total. The summed E-state index contributed by atoms with van der Waals surface area (Å²) in [6.45, 7) is 4.93. The molecule has 1 fully saturated rings. The van der Waals surface area contributed by atoms with Crippen LogP contribution in [0.2, 0.25) is 0 Å². The normalized spacial score (nSPS) is 14.9. The van der Waals surface area contributed by atoms with Gasteiger partial charge in [-0.05, 0) is 30.3 Å². The van der Waals surface area contributed by atoms with Crippen LogP contribution in [0.5, 0.6) is 5.75 Å². The molecule has 1 aliphatic rings. The molecule has 0 bridgehead atoms. The number of morpholine rings is 1. The van der Waals surface area contributed by atoms with Crippen LogP contribution < -0.4 is 10.2 Å². The zero-order valence-electron chi connectivity index (χ0n) is 15.4. The molecule has 0 aliphatic carbocycles. The van der Waals surface area contributed by atoms with E-state index in [1.54, 1.807) is 23.7 Å². The Bertz CT molecular complexity index is 966. The minimum absolute atomic E-state index is 0.352. The number of aromatic nitrogens is 2. The van der Waals surface area contributed by atoms with E-state index < -0.39 is 5.91 Å². The van der Waals surface area contributed by atoms with Crippen molar-refractivity contribution in [1.29, 1.82) is 0 Å².